The highest BCUT2D eigenvalue weighted by molar-refractivity contribution is 6.34. The van der Waals surface area contributed by atoms with Gasteiger partial charge in [-0.05, 0) is 24.5 Å². The van der Waals surface area contributed by atoms with Crippen LogP contribution in [0.2, 0.25) is 10.0 Å². The second-order valence-electron chi connectivity index (χ2n) is 4.45. The average molecular weight is 320 g/mol. The quantitative estimate of drug-likeness (QED) is 0.774. The van der Waals surface area contributed by atoms with E-state index >= 15 is 0 Å². The van der Waals surface area contributed by atoms with Crippen molar-refractivity contribution in [1.29, 1.82) is 0 Å². The first-order chi connectivity index (χ1) is 9.56. The molecule has 1 rings (SSSR count). The van der Waals surface area contributed by atoms with Crippen LogP contribution in [0.15, 0.2) is 18.2 Å². The second kappa shape index (κ2) is 9.06. The van der Waals surface area contributed by atoms with Crippen LogP contribution in [0.3, 0.4) is 0 Å². The summed E-state index contributed by atoms with van der Waals surface area (Å²) in [4.78, 5) is 11.7. The molecule has 112 valence electrons. The summed E-state index contributed by atoms with van der Waals surface area (Å²) in [5.41, 5.74) is 0. The molecule has 6 heteroatoms. The number of aliphatic hydroxyl groups excluding tert-OH is 1. The molecule has 0 bridgehead atoms. The molecule has 0 aromatic heterocycles. The van der Waals surface area contributed by atoms with Gasteiger partial charge in [0.25, 0.3) is 5.91 Å². The maximum absolute atomic E-state index is 11.7. The monoisotopic (exact) mass is 319 g/mol. The van der Waals surface area contributed by atoms with Crippen molar-refractivity contribution in [2.45, 2.75) is 19.8 Å². The summed E-state index contributed by atoms with van der Waals surface area (Å²) in [6, 6.07) is 4.83. The molecule has 0 fully saturated rings. The third-order valence-corrected chi connectivity index (χ3v) is 3.50. The Morgan fingerprint density at radius 2 is 2.20 bits per heavy atom. The van der Waals surface area contributed by atoms with Gasteiger partial charge in [-0.3, -0.25) is 4.79 Å². The zero-order valence-corrected chi connectivity index (χ0v) is 12.9. The molecule has 0 aliphatic carbocycles. The van der Waals surface area contributed by atoms with Gasteiger partial charge in [-0.1, -0.05) is 36.5 Å². The summed E-state index contributed by atoms with van der Waals surface area (Å²) in [5.74, 6) is 0.438. The van der Waals surface area contributed by atoms with Crippen molar-refractivity contribution in [3.05, 3.63) is 28.2 Å². The highest BCUT2D eigenvalue weighted by atomic mass is 35.5. The molecule has 20 heavy (non-hydrogen) atoms. The van der Waals surface area contributed by atoms with Crippen LogP contribution in [0.25, 0.3) is 0 Å². The maximum atomic E-state index is 11.7. The van der Waals surface area contributed by atoms with Crippen molar-refractivity contribution >= 4 is 29.1 Å². The van der Waals surface area contributed by atoms with Gasteiger partial charge < -0.3 is 15.2 Å². The molecule has 1 atom stereocenters. The predicted octanol–water partition coefficient (Wildman–Crippen LogP) is 2.90. The van der Waals surface area contributed by atoms with Gasteiger partial charge in [0.2, 0.25) is 0 Å². The van der Waals surface area contributed by atoms with E-state index in [0.29, 0.717) is 28.8 Å². The number of hydrogen-bond donors (Lipinski definition) is 2. The molecule has 1 amide bonds. The molecular formula is C14H19Cl2NO3. The number of halogens is 2. The Morgan fingerprint density at radius 3 is 2.85 bits per heavy atom. The van der Waals surface area contributed by atoms with Gasteiger partial charge in [0, 0.05) is 24.2 Å². The van der Waals surface area contributed by atoms with Crippen LogP contribution in [0, 0.1) is 5.92 Å². The summed E-state index contributed by atoms with van der Waals surface area (Å²) in [7, 11) is 0. The Kier molecular flexibility index (Phi) is 7.73. The first-order valence-electron chi connectivity index (χ1n) is 6.52. The fourth-order valence-corrected chi connectivity index (χ4v) is 2.01. The second-order valence-corrected chi connectivity index (χ2v) is 5.30. The fourth-order valence-electron chi connectivity index (χ4n) is 1.67. The number of amides is 1. The zero-order chi connectivity index (χ0) is 15.0. The number of benzene rings is 1. The minimum Gasteiger partial charge on any atom is -0.482 e. The molecule has 4 nitrogen and oxygen atoms in total. The Labute approximate surface area is 129 Å². The number of ether oxygens (including phenoxy) is 1. The molecule has 0 spiro atoms. The summed E-state index contributed by atoms with van der Waals surface area (Å²) in [6.45, 7) is 2.57. The van der Waals surface area contributed by atoms with Crippen LogP contribution < -0.4 is 10.1 Å². The number of nitrogens with one attached hydrogen (secondary N) is 1. The molecule has 1 aromatic rings. The first kappa shape index (κ1) is 17.1. The molecule has 0 radical (unpaired) electrons. The summed E-state index contributed by atoms with van der Waals surface area (Å²) in [6.07, 6.45) is 1.58. The van der Waals surface area contributed by atoms with Gasteiger partial charge in [-0.2, -0.15) is 0 Å². The van der Waals surface area contributed by atoms with Gasteiger partial charge in [-0.15, -0.1) is 0 Å². The third kappa shape index (κ3) is 5.99. The number of hydrogen-bond acceptors (Lipinski definition) is 3. The molecule has 0 aliphatic rings. The van der Waals surface area contributed by atoms with Gasteiger partial charge in [0.15, 0.2) is 6.61 Å². The third-order valence-electron chi connectivity index (χ3n) is 2.95. The molecule has 0 aliphatic heterocycles. The Hall–Kier alpha value is -0.970. The smallest absolute Gasteiger partial charge is 0.257 e. The maximum Gasteiger partial charge on any atom is 0.257 e. The molecule has 1 unspecified atom stereocenters. The number of carbonyl (C=O) groups excluding carboxylic acids is 1. The van der Waals surface area contributed by atoms with Crippen molar-refractivity contribution < 1.29 is 14.6 Å². The van der Waals surface area contributed by atoms with Gasteiger partial charge in [0.1, 0.15) is 5.75 Å². The first-order valence-corrected chi connectivity index (χ1v) is 7.27. The molecular weight excluding hydrogens is 301 g/mol. The van der Waals surface area contributed by atoms with E-state index in [9.17, 15) is 4.79 Å². The van der Waals surface area contributed by atoms with Crippen LogP contribution in [-0.4, -0.2) is 30.8 Å². The minimum absolute atomic E-state index is 0.115. The summed E-state index contributed by atoms with van der Waals surface area (Å²) in [5, 5.41) is 12.6. The number of rotatable bonds is 8. The SMILES string of the molecule is CCC(CCO)CNC(=O)COc1cc(Cl)ccc1Cl. The van der Waals surface area contributed by atoms with Crippen LogP contribution >= 0.6 is 23.2 Å². The van der Waals surface area contributed by atoms with Crippen molar-refractivity contribution in [3.8, 4) is 5.75 Å². The van der Waals surface area contributed by atoms with Crippen molar-refractivity contribution in [1.82, 2.24) is 5.32 Å². The highest BCUT2D eigenvalue weighted by Gasteiger charge is 2.10. The normalized spacial score (nSPS) is 12.0. The summed E-state index contributed by atoms with van der Waals surface area (Å²) < 4.78 is 5.33. The summed E-state index contributed by atoms with van der Waals surface area (Å²) >= 11 is 11.8. The molecule has 0 saturated carbocycles. The highest BCUT2D eigenvalue weighted by Crippen LogP contribution is 2.27. The van der Waals surface area contributed by atoms with Crippen LogP contribution in [0.4, 0.5) is 0 Å². The van der Waals surface area contributed by atoms with E-state index in [1.54, 1.807) is 18.2 Å². The van der Waals surface area contributed by atoms with E-state index in [2.05, 4.69) is 5.32 Å². The number of aliphatic hydroxyl groups is 1. The fraction of sp³-hybridized carbons (Fsp3) is 0.500. The minimum atomic E-state index is -0.225. The Bertz CT molecular complexity index is 440. The zero-order valence-electron chi connectivity index (χ0n) is 11.4. The van der Waals surface area contributed by atoms with Crippen molar-refractivity contribution in [2.75, 3.05) is 19.8 Å². The average Bonchev–Trinajstić information content (AvgIpc) is 2.44. The Morgan fingerprint density at radius 1 is 1.45 bits per heavy atom. The van der Waals surface area contributed by atoms with E-state index in [-0.39, 0.29) is 25.0 Å². The predicted molar refractivity (Wildman–Crippen MR) is 80.5 cm³/mol. The topological polar surface area (TPSA) is 58.6 Å². The van der Waals surface area contributed by atoms with Gasteiger partial charge >= 0.3 is 0 Å². The molecule has 1 aromatic carbocycles. The van der Waals surface area contributed by atoms with Crippen molar-refractivity contribution in [2.24, 2.45) is 5.92 Å². The Balaban J connectivity index is 2.37. The lowest BCUT2D eigenvalue weighted by atomic mass is 10.0. The van der Waals surface area contributed by atoms with E-state index in [1.165, 1.54) is 0 Å². The van der Waals surface area contributed by atoms with E-state index in [4.69, 9.17) is 33.0 Å². The van der Waals surface area contributed by atoms with Gasteiger partial charge in [0.05, 0.1) is 5.02 Å². The van der Waals surface area contributed by atoms with E-state index < -0.39 is 0 Å². The van der Waals surface area contributed by atoms with Crippen LogP contribution in [0.1, 0.15) is 19.8 Å². The molecule has 2 N–H and O–H groups in total. The largest absolute Gasteiger partial charge is 0.482 e. The van der Waals surface area contributed by atoms with E-state index in [1.807, 2.05) is 6.92 Å². The number of carbonyl (C=O) groups is 1. The van der Waals surface area contributed by atoms with Crippen molar-refractivity contribution in [3.63, 3.8) is 0 Å². The standard InChI is InChI=1S/C14H19Cl2NO3/c1-2-10(5-6-18)8-17-14(19)9-20-13-7-11(15)3-4-12(13)16/h3-4,7,10,18H,2,5-6,8-9H2,1H3,(H,17,19). The van der Waals surface area contributed by atoms with E-state index in [0.717, 1.165) is 6.42 Å². The van der Waals surface area contributed by atoms with Gasteiger partial charge in [-0.25, -0.2) is 0 Å². The molecule has 0 heterocycles. The lowest BCUT2D eigenvalue weighted by Gasteiger charge is -2.14. The van der Waals surface area contributed by atoms with Crippen LogP contribution in [-0.2, 0) is 4.79 Å². The van der Waals surface area contributed by atoms with Crippen LogP contribution in [0.5, 0.6) is 5.75 Å². The lowest BCUT2D eigenvalue weighted by molar-refractivity contribution is -0.123. The lowest BCUT2D eigenvalue weighted by Crippen LogP contribution is -2.33. The molecule has 0 saturated heterocycles.